The summed E-state index contributed by atoms with van der Waals surface area (Å²) in [6.45, 7) is 11.0. The first-order valence-corrected chi connectivity index (χ1v) is 7.70. The number of nitrogens with zero attached hydrogens (tertiary/aromatic N) is 1. The molecule has 0 spiro atoms. The van der Waals surface area contributed by atoms with Crippen LogP contribution in [0.2, 0.25) is 0 Å². The number of fused-ring (bicyclic) bond motifs is 1. The van der Waals surface area contributed by atoms with Crippen molar-refractivity contribution >= 4 is 10.9 Å². The van der Waals surface area contributed by atoms with Crippen molar-refractivity contribution < 1.29 is 0 Å². The highest BCUT2D eigenvalue weighted by molar-refractivity contribution is 5.81. The molecule has 2 rings (SSSR count). The molecular weight excluding hydrogens is 262 g/mol. The van der Waals surface area contributed by atoms with E-state index < -0.39 is 0 Å². The zero-order chi connectivity index (χ0) is 15.2. The Kier molecular flexibility index (Phi) is 5.53. The van der Waals surface area contributed by atoms with Crippen molar-refractivity contribution in [1.82, 2.24) is 15.2 Å². The van der Waals surface area contributed by atoms with E-state index in [-0.39, 0.29) is 5.56 Å². The molecule has 21 heavy (non-hydrogen) atoms. The molecule has 0 radical (unpaired) electrons. The van der Waals surface area contributed by atoms with Crippen LogP contribution in [0, 0.1) is 6.92 Å². The highest BCUT2D eigenvalue weighted by atomic mass is 16.1. The molecule has 2 N–H and O–H groups in total. The highest BCUT2D eigenvalue weighted by Crippen LogP contribution is 2.14. The van der Waals surface area contributed by atoms with Gasteiger partial charge in [0.1, 0.15) is 0 Å². The Hall–Kier alpha value is -1.65. The van der Waals surface area contributed by atoms with Crippen LogP contribution in [0.5, 0.6) is 0 Å². The predicted molar refractivity (Wildman–Crippen MR) is 88.8 cm³/mol. The second kappa shape index (κ2) is 7.38. The summed E-state index contributed by atoms with van der Waals surface area (Å²) in [7, 11) is 0. The lowest BCUT2D eigenvalue weighted by Gasteiger charge is -2.17. The van der Waals surface area contributed by atoms with Crippen LogP contribution in [0.3, 0.4) is 0 Å². The van der Waals surface area contributed by atoms with Crippen LogP contribution in [0.15, 0.2) is 29.1 Å². The first-order chi connectivity index (χ1) is 10.2. The fourth-order valence-corrected chi connectivity index (χ4v) is 2.56. The Morgan fingerprint density at radius 1 is 1.24 bits per heavy atom. The third-order valence-electron chi connectivity index (χ3n) is 3.98. The Morgan fingerprint density at radius 3 is 2.71 bits per heavy atom. The average molecular weight is 287 g/mol. The summed E-state index contributed by atoms with van der Waals surface area (Å²) in [5.74, 6) is 0. The van der Waals surface area contributed by atoms with Crippen LogP contribution in [0.25, 0.3) is 10.9 Å². The zero-order valence-electron chi connectivity index (χ0n) is 13.2. The quantitative estimate of drug-likeness (QED) is 0.768. The van der Waals surface area contributed by atoms with E-state index in [9.17, 15) is 4.79 Å². The third-order valence-corrected chi connectivity index (χ3v) is 3.98. The number of pyridine rings is 1. The van der Waals surface area contributed by atoms with Crippen molar-refractivity contribution in [3.63, 3.8) is 0 Å². The van der Waals surface area contributed by atoms with Crippen LogP contribution in [-0.2, 0) is 6.54 Å². The van der Waals surface area contributed by atoms with Gasteiger partial charge in [0.2, 0.25) is 0 Å². The summed E-state index contributed by atoms with van der Waals surface area (Å²) < 4.78 is 0. The lowest BCUT2D eigenvalue weighted by molar-refractivity contribution is 0.302. The van der Waals surface area contributed by atoms with Crippen molar-refractivity contribution in [2.75, 3.05) is 26.2 Å². The number of benzene rings is 1. The highest BCUT2D eigenvalue weighted by Gasteiger charge is 2.04. The summed E-state index contributed by atoms with van der Waals surface area (Å²) in [6.07, 6.45) is 0. The van der Waals surface area contributed by atoms with Gasteiger partial charge in [-0.3, -0.25) is 4.79 Å². The molecule has 0 saturated carbocycles. The summed E-state index contributed by atoms with van der Waals surface area (Å²) in [6, 6.07) is 8.07. The number of likely N-dealkylation sites (N-methyl/N-ethyl adjacent to an activating group) is 1. The minimum absolute atomic E-state index is 0.00661. The molecule has 1 heterocycles. The standard InChI is InChI=1S/C17H25N3O/c1-4-20(5-2)10-9-18-12-15-11-14-8-6-7-13(3)16(14)19-17(15)21/h6-8,11,18H,4-5,9-10,12H2,1-3H3,(H,19,21). The normalized spacial score (nSPS) is 11.4. The van der Waals surface area contributed by atoms with Gasteiger partial charge in [-0.1, -0.05) is 32.0 Å². The van der Waals surface area contributed by atoms with Crippen LogP contribution in [-0.4, -0.2) is 36.1 Å². The first kappa shape index (κ1) is 15.7. The Morgan fingerprint density at radius 2 is 2.00 bits per heavy atom. The van der Waals surface area contributed by atoms with E-state index in [1.54, 1.807) is 0 Å². The van der Waals surface area contributed by atoms with Crippen molar-refractivity contribution in [2.45, 2.75) is 27.3 Å². The maximum Gasteiger partial charge on any atom is 0.252 e. The molecular formula is C17H25N3O. The molecule has 2 aromatic rings. The smallest absolute Gasteiger partial charge is 0.252 e. The minimum Gasteiger partial charge on any atom is -0.321 e. The molecule has 0 saturated heterocycles. The van der Waals surface area contributed by atoms with Crippen molar-refractivity contribution in [2.24, 2.45) is 0 Å². The Balaban J connectivity index is 2.02. The van der Waals surface area contributed by atoms with Crippen molar-refractivity contribution in [3.05, 3.63) is 45.7 Å². The van der Waals surface area contributed by atoms with Gasteiger partial charge in [-0.25, -0.2) is 0 Å². The number of H-pyrrole nitrogens is 1. The fourth-order valence-electron chi connectivity index (χ4n) is 2.56. The van der Waals surface area contributed by atoms with Gasteiger partial charge in [0, 0.05) is 25.2 Å². The maximum atomic E-state index is 12.1. The summed E-state index contributed by atoms with van der Waals surface area (Å²) in [5, 5.41) is 4.45. The van der Waals surface area contributed by atoms with Crippen LogP contribution in [0.1, 0.15) is 25.0 Å². The van der Waals surface area contributed by atoms with Gasteiger partial charge in [-0.15, -0.1) is 0 Å². The van der Waals surface area contributed by atoms with Gasteiger partial charge in [0.15, 0.2) is 0 Å². The summed E-state index contributed by atoms with van der Waals surface area (Å²) in [4.78, 5) is 17.5. The van der Waals surface area contributed by atoms with E-state index in [4.69, 9.17) is 0 Å². The molecule has 0 bridgehead atoms. The monoisotopic (exact) mass is 287 g/mol. The number of aromatic nitrogens is 1. The third kappa shape index (κ3) is 3.93. The summed E-state index contributed by atoms with van der Waals surface area (Å²) in [5.41, 5.74) is 2.85. The van der Waals surface area contributed by atoms with Crippen LogP contribution in [0.4, 0.5) is 0 Å². The molecule has 0 fully saturated rings. The predicted octanol–water partition coefficient (Wildman–Crippen LogP) is 2.27. The van der Waals surface area contributed by atoms with Gasteiger partial charge in [0.05, 0.1) is 5.52 Å². The van der Waals surface area contributed by atoms with Gasteiger partial charge in [-0.2, -0.15) is 0 Å². The topological polar surface area (TPSA) is 48.1 Å². The minimum atomic E-state index is 0.00661. The fraction of sp³-hybridized carbons (Fsp3) is 0.471. The lowest BCUT2D eigenvalue weighted by atomic mass is 10.1. The van der Waals surface area contributed by atoms with Gasteiger partial charge in [0.25, 0.3) is 5.56 Å². The number of aryl methyl sites for hydroxylation is 1. The Labute approximate surface area is 126 Å². The second-order valence-corrected chi connectivity index (χ2v) is 5.37. The number of rotatable bonds is 7. The van der Waals surface area contributed by atoms with E-state index in [2.05, 4.69) is 29.0 Å². The second-order valence-electron chi connectivity index (χ2n) is 5.37. The average Bonchev–Trinajstić information content (AvgIpc) is 2.49. The molecule has 1 aromatic carbocycles. The van der Waals surface area contributed by atoms with Gasteiger partial charge >= 0.3 is 0 Å². The molecule has 4 nitrogen and oxygen atoms in total. The lowest BCUT2D eigenvalue weighted by Crippen LogP contribution is -2.32. The van der Waals surface area contributed by atoms with Gasteiger partial charge < -0.3 is 15.2 Å². The van der Waals surface area contributed by atoms with Crippen LogP contribution >= 0.6 is 0 Å². The number of nitrogens with one attached hydrogen (secondary N) is 2. The number of hydrogen-bond acceptors (Lipinski definition) is 3. The SMILES string of the molecule is CCN(CC)CCNCc1cc2cccc(C)c2[nH]c1=O. The van der Waals surface area contributed by atoms with E-state index >= 15 is 0 Å². The van der Waals surface area contributed by atoms with Gasteiger partial charge in [-0.05, 0) is 37.0 Å². The molecule has 0 aliphatic rings. The summed E-state index contributed by atoms with van der Waals surface area (Å²) >= 11 is 0. The first-order valence-electron chi connectivity index (χ1n) is 7.70. The molecule has 0 unspecified atom stereocenters. The van der Waals surface area contributed by atoms with Crippen LogP contribution < -0.4 is 10.9 Å². The van der Waals surface area contributed by atoms with E-state index in [1.165, 1.54) is 0 Å². The number of aromatic amines is 1. The molecule has 0 aliphatic heterocycles. The molecule has 0 atom stereocenters. The van der Waals surface area contributed by atoms with E-state index in [0.29, 0.717) is 6.54 Å². The number of hydrogen-bond donors (Lipinski definition) is 2. The molecule has 114 valence electrons. The number of para-hydroxylation sites is 1. The van der Waals surface area contributed by atoms with Crippen molar-refractivity contribution in [1.29, 1.82) is 0 Å². The molecule has 4 heteroatoms. The molecule has 0 amide bonds. The van der Waals surface area contributed by atoms with Crippen molar-refractivity contribution in [3.8, 4) is 0 Å². The molecule has 1 aromatic heterocycles. The zero-order valence-corrected chi connectivity index (χ0v) is 13.2. The Bertz CT molecular complexity index is 644. The van der Waals surface area contributed by atoms with E-state index in [0.717, 1.165) is 48.2 Å². The largest absolute Gasteiger partial charge is 0.321 e. The molecule has 0 aliphatic carbocycles. The maximum absolute atomic E-state index is 12.1. The van der Waals surface area contributed by atoms with E-state index in [1.807, 2.05) is 31.2 Å².